The van der Waals surface area contributed by atoms with Crippen molar-refractivity contribution in [2.24, 2.45) is 11.3 Å². The Morgan fingerprint density at radius 2 is 1.80 bits per heavy atom. The Kier molecular flexibility index (Phi) is 6.46. The summed E-state index contributed by atoms with van der Waals surface area (Å²) in [7, 11) is 0. The van der Waals surface area contributed by atoms with E-state index in [1.54, 1.807) is 0 Å². The Labute approximate surface area is 121 Å². The molecule has 0 unspecified atom stereocenters. The summed E-state index contributed by atoms with van der Waals surface area (Å²) >= 11 is 0. The maximum Gasteiger partial charge on any atom is 0.239 e. The maximum atomic E-state index is 11.8. The maximum absolute atomic E-state index is 11.8. The molecule has 1 saturated carbocycles. The predicted molar refractivity (Wildman–Crippen MR) is 78.1 cm³/mol. The molecule has 2 atom stereocenters. The van der Waals surface area contributed by atoms with Crippen molar-refractivity contribution in [1.29, 1.82) is 0 Å². The molecule has 0 aromatic heterocycles. The van der Waals surface area contributed by atoms with E-state index in [4.69, 9.17) is 0 Å². The van der Waals surface area contributed by atoms with Crippen LogP contribution in [0.2, 0.25) is 0 Å². The quantitative estimate of drug-likeness (QED) is 0.710. The summed E-state index contributed by atoms with van der Waals surface area (Å²) in [5, 5.41) is 14.9. The van der Waals surface area contributed by atoms with E-state index in [0.29, 0.717) is 6.42 Å². The van der Waals surface area contributed by atoms with Crippen LogP contribution in [0.1, 0.15) is 52.9 Å². The normalized spacial score (nSPS) is 23.2. The van der Waals surface area contributed by atoms with Crippen molar-refractivity contribution in [3.05, 3.63) is 0 Å². The van der Waals surface area contributed by atoms with Gasteiger partial charge in [0.15, 0.2) is 0 Å². The molecule has 1 fully saturated rings. The number of aliphatic hydroxyl groups excluding tert-OH is 1. The van der Waals surface area contributed by atoms with Crippen molar-refractivity contribution in [1.82, 2.24) is 10.6 Å². The fourth-order valence-electron chi connectivity index (χ4n) is 2.60. The molecule has 0 aromatic rings. The van der Waals surface area contributed by atoms with Gasteiger partial charge in [-0.3, -0.25) is 9.59 Å². The highest BCUT2D eigenvalue weighted by molar-refractivity contribution is 5.85. The molecule has 0 radical (unpaired) electrons. The lowest BCUT2D eigenvalue weighted by Gasteiger charge is -2.30. The molecule has 5 heteroatoms. The van der Waals surface area contributed by atoms with Gasteiger partial charge in [-0.2, -0.15) is 0 Å². The summed E-state index contributed by atoms with van der Waals surface area (Å²) in [4.78, 5) is 23.5. The third kappa shape index (κ3) is 6.37. The van der Waals surface area contributed by atoms with E-state index in [2.05, 4.69) is 10.6 Å². The van der Waals surface area contributed by atoms with Gasteiger partial charge in [-0.05, 0) is 18.3 Å². The second-order valence-electron chi connectivity index (χ2n) is 6.92. The van der Waals surface area contributed by atoms with Crippen molar-refractivity contribution >= 4 is 11.8 Å². The molecule has 5 nitrogen and oxygen atoms in total. The Morgan fingerprint density at radius 1 is 1.15 bits per heavy atom. The molecule has 0 spiro atoms. The van der Waals surface area contributed by atoms with Crippen molar-refractivity contribution in [3.8, 4) is 0 Å². The van der Waals surface area contributed by atoms with E-state index in [-0.39, 0.29) is 42.3 Å². The number of hydrogen-bond acceptors (Lipinski definition) is 3. The summed E-state index contributed by atoms with van der Waals surface area (Å²) in [5.74, 6) is -0.120. The van der Waals surface area contributed by atoms with Crippen LogP contribution in [0.15, 0.2) is 0 Å². The average molecular weight is 284 g/mol. The molecule has 20 heavy (non-hydrogen) atoms. The highest BCUT2D eigenvalue weighted by Crippen LogP contribution is 2.23. The Balaban J connectivity index is 2.30. The first-order valence-corrected chi connectivity index (χ1v) is 7.49. The van der Waals surface area contributed by atoms with E-state index in [1.165, 1.54) is 0 Å². The summed E-state index contributed by atoms with van der Waals surface area (Å²) < 4.78 is 0. The molecule has 3 N–H and O–H groups in total. The SMILES string of the molecule is CC(C)(C)CC(=O)NCC(=O)N[C@@H]1CCCC[C@H]1CO. The first-order valence-electron chi connectivity index (χ1n) is 7.49. The number of aliphatic hydroxyl groups is 1. The molecule has 0 heterocycles. The fraction of sp³-hybridized carbons (Fsp3) is 0.867. The third-order valence-corrected chi connectivity index (χ3v) is 3.63. The summed E-state index contributed by atoms with van der Waals surface area (Å²) in [6.45, 7) is 6.09. The second kappa shape index (κ2) is 7.62. The van der Waals surface area contributed by atoms with Gasteiger partial charge in [-0.15, -0.1) is 0 Å². The second-order valence-corrected chi connectivity index (χ2v) is 6.92. The number of carbonyl (C=O) groups excluding carboxylic acids is 2. The standard InChI is InChI=1S/C15H28N2O3/c1-15(2,3)8-13(19)16-9-14(20)17-12-7-5-4-6-11(12)10-18/h11-12,18H,4-10H2,1-3H3,(H,16,19)(H,17,20)/t11-,12+/m0/s1. The van der Waals surface area contributed by atoms with Gasteiger partial charge in [0, 0.05) is 25.0 Å². The monoisotopic (exact) mass is 284 g/mol. The Hall–Kier alpha value is -1.10. The van der Waals surface area contributed by atoms with Crippen molar-refractivity contribution in [3.63, 3.8) is 0 Å². The van der Waals surface area contributed by atoms with Gasteiger partial charge in [-0.1, -0.05) is 33.6 Å². The number of hydrogen-bond donors (Lipinski definition) is 3. The van der Waals surface area contributed by atoms with E-state index < -0.39 is 0 Å². The summed E-state index contributed by atoms with van der Waals surface area (Å²) in [6.07, 6.45) is 4.46. The summed E-state index contributed by atoms with van der Waals surface area (Å²) in [6, 6.07) is 0.0424. The van der Waals surface area contributed by atoms with Crippen LogP contribution in [0.25, 0.3) is 0 Å². The van der Waals surface area contributed by atoms with Gasteiger partial charge in [0.2, 0.25) is 11.8 Å². The number of nitrogens with one attached hydrogen (secondary N) is 2. The number of rotatable bonds is 5. The lowest BCUT2D eigenvalue weighted by atomic mass is 9.85. The van der Waals surface area contributed by atoms with E-state index >= 15 is 0 Å². The van der Waals surface area contributed by atoms with Crippen LogP contribution in [0.5, 0.6) is 0 Å². The minimum absolute atomic E-state index is 0.0174. The predicted octanol–water partition coefficient (Wildman–Crippen LogP) is 1.21. The fourth-order valence-corrected chi connectivity index (χ4v) is 2.60. The van der Waals surface area contributed by atoms with Crippen LogP contribution < -0.4 is 10.6 Å². The van der Waals surface area contributed by atoms with Crippen LogP contribution in [-0.2, 0) is 9.59 Å². The topological polar surface area (TPSA) is 78.4 Å². The van der Waals surface area contributed by atoms with Crippen LogP contribution in [0.4, 0.5) is 0 Å². The zero-order valence-corrected chi connectivity index (χ0v) is 12.9. The van der Waals surface area contributed by atoms with Crippen molar-refractivity contribution in [2.75, 3.05) is 13.2 Å². The van der Waals surface area contributed by atoms with Crippen molar-refractivity contribution < 1.29 is 14.7 Å². The van der Waals surface area contributed by atoms with E-state index in [1.807, 2.05) is 20.8 Å². The zero-order valence-electron chi connectivity index (χ0n) is 12.9. The highest BCUT2D eigenvalue weighted by Gasteiger charge is 2.25. The molecular formula is C15H28N2O3. The molecule has 0 saturated heterocycles. The van der Waals surface area contributed by atoms with Gasteiger partial charge in [0.05, 0.1) is 6.54 Å². The minimum atomic E-state index is -0.169. The van der Waals surface area contributed by atoms with Crippen LogP contribution in [0.3, 0.4) is 0 Å². The van der Waals surface area contributed by atoms with Crippen molar-refractivity contribution in [2.45, 2.75) is 58.9 Å². The largest absolute Gasteiger partial charge is 0.396 e. The Bertz CT molecular complexity index is 337. The molecule has 1 rings (SSSR count). The first-order chi connectivity index (χ1) is 9.31. The Morgan fingerprint density at radius 3 is 2.40 bits per heavy atom. The molecule has 2 amide bonds. The highest BCUT2D eigenvalue weighted by atomic mass is 16.3. The van der Waals surface area contributed by atoms with Gasteiger partial charge >= 0.3 is 0 Å². The zero-order chi connectivity index (χ0) is 15.2. The van der Waals surface area contributed by atoms with Gasteiger partial charge in [-0.25, -0.2) is 0 Å². The van der Waals surface area contributed by atoms with Crippen LogP contribution >= 0.6 is 0 Å². The summed E-state index contributed by atoms with van der Waals surface area (Å²) in [5.41, 5.74) is -0.0775. The van der Waals surface area contributed by atoms with Gasteiger partial charge in [0.25, 0.3) is 0 Å². The molecular weight excluding hydrogens is 256 g/mol. The lowest BCUT2D eigenvalue weighted by Crippen LogP contribution is -2.47. The average Bonchev–Trinajstić information content (AvgIpc) is 2.35. The molecule has 0 aromatic carbocycles. The molecule has 0 bridgehead atoms. The number of carbonyl (C=O) groups is 2. The molecule has 1 aliphatic rings. The smallest absolute Gasteiger partial charge is 0.239 e. The molecule has 1 aliphatic carbocycles. The van der Waals surface area contributed by atoms with Crippen LogP contribution in [-0.4, -0.2) is 36.1 Å². The van der Waals surface area contributed by atoms with Crippen LogP contribution in [0, 0.1) is 11.3 Å². The van der Waals surface area contributed by atoms with E-state index in [9.17, 15) is 14.7 Å². The number of amides is 2. The van der Waals surface area contributed by atoms with Gasteiger partial charge < -0.3 is 15.7 Å². The lowest BCUT2D eigenvalue weighted by molar-refractivity contribution is -0.127. The van der Waals surface area contributed by atoms with E-state index in [0.717, 1.165) is 25.7 Å². The third-order valence-electron chi connectivity index (χ3n) is 3.63. The minimum Gasteiger partial charge on any atom is -0.396 e. The van der Waals surface area contributed by atoms with Gasteiger partial charge in [0.1, 0.15) is 0 Å². The first kappa shape index (κ1) is 17.0. The molecule has 116 valence electrons. The molecule has 0 aliphatic heterocycles.